The molecule has 1 aromatic rings. The molecule has 1 fully saturated rings. The number of nitriles is 1. The Morgan fingerprint density at radius 2 is 2.06 bits per heavy atom. The molecule has 3 heteroatoms. The van der Waals surface area contributed by atoms with Crippen molar-refractivity contribution in [2.75, 3.05) is 13.2 Å². The van der Waals surface area contributed by atoms with Crippen LogP contribution in [0.2, 0.25) is 0 Å². The van der Waals surface area contributed by atoms with Crippen molar-refractivity contribution in [1.82, 2.24) is 5.32 Å². The van der Waals surface area contributed by atoms with Crippen LogP contribution in [-0.4, -0.2) is 13.2 Å². The smallest absolute Gasteiger partial charge is 0.174 e. The quantitative estimate of drug-likeness (QED) is 0.836. The minimum absolute atomic E-state index is 0.103. The van der Waals surface area contributed by atoms with E-state index in [4.69, 9.17) is 10.00 Å². The molecular weight excluding hydrogens is 224 g/mol. The van der Waals surface area contributed by atoms with Crippen LogP contribution in [0, 0.1) is 16.7 Å². The van der Waals surface area contributed by atoms with Crippen molar-refractivity contribution in [3.8, 4) is 11.8 Å². The monoisotopic (exact) mass is 244 g/mol. The van der Waals surface area contributed by atoms with Gasteiger partial charge in [-0.1, -0.05) is 19.1 Å². The Labute approximate surface area is 109 Å². The SMILES string of the molecule is CC(NCC1(C)CC1)c1ccc(OCC#N)cc1. The van der Waals surface area contributed by atoms with Crippen molar-refractivity contribution < 1.29 is 4.74 Å². The number of nitrogens with zero attached hydrogens (tertiary/aromatic N) is 1. The summed E-state index contributed by atoms with van der Waals surface area (Å²) in [6, 6.07) is 10.3. The van der Waals surface area contributed by atoms with Gasteiger partial charge in [-0.25, -0.2) is 0 Å². The molecule has 1 aliphatic rings. The molecule has 1 aromatic carbocycles. The molecule has 1 aliphatic carbocycles. The summed E-state index contributed by atoms with van der Waals surface area (Å²) in [5.74, 6) is 0.752. The van der Waals surface area contributed by atoms with E-state index < -0.39 is 0 Å². The third-order valence-corrected chi connectivity index (χ3v) is 3.62. The number of hydrogen-bond donors (Lipinski definition) is 1. The minimum Gasteiger partial charge on any atom is -0.479 e. The normalized spacial score (nSPS) is 17.8. The molecule has 0 aromatic heterocycles. The molecule has 1 atom stereocenters. The van der Waals surface area contributed by atoms with E-state index >= 15 is 0 Å². The van der Waals surface area contributed by atoms with Crippen molar-refractivity contribution in [3.63, 3.8) is 0 Å². The molecule has 0 saturated heterocycles. The van der Waals surface area contributed by atoms with Gasteiger partial charge >= 0.3 is 0 Å². The van der Waals surface area contributed by atoms with E-state index in [2.05, 4.69) is 31.3 Å². The average Bonchev–Trinajstić information content (AvgIpc) is 3.13. The van der Waals surface area contributed by atoms with Gasteiger partial charge in [-0.2, -0.15) is 5.26 Å². The van der Waals surface area contributed by atoms with Gasteiger partial charge in [0.05, 0.1) is 0 Å². The molecule has 2 rings (SSSR count). The van der Waals surface area contributed by atoms with Crippen LogP contribution in [0.4, 0.5) is 0 Å². The Balaban J connectivity index is 1.86. The summed E-state index contributed by atoms with van der Waals surface area (Å²) in [7, 11) is 0. The van der Waals surface area contributed by atoms with E-state index in [1.54, 1.807) is 0 Å². The fraction of sp³-hybridized carbons (Fsp3) is 0.533. The Morgan fingerprint density at radius 3 is 2.61 bits per heavy atom. The molecule has 0 heterocycles. The second kappa shape index (κ2) is 5.41. The van der Waals surface area contributed by atoms with Crippen molar-refractivity contribution >= 4 is 0 Å². The first-order valence-electron chi connectivity index (χ1n) is 6.46. The average molecular weight is 244 g/mol. The number of rotatable bonds is 6. The van der Waals surface area contributed by atoms with Gasteiger partial charge in [0.15, 0.2) is 6.61 Å². The van der Waals surface area contributed by atoms with E-state index in [1.165, 1.54) is 18.4 Å². The van der Waals surface area contributed by atoms with Crippen LogP contribution < -0.4 is 10.1 Å². The van der Waals surface area contributed by atoms with Gasteiger partial charge in [-0.3, -0.25) is 0 Å². The van der Waals surface area contributed by atoms with Crippen molar-refractivity contribution in [1.29, 1.82) is 5.26 Å². The maximum atomic E-state index is 8.44. The predicted octanol–water partition coefficient (Wildman–Crippen LogP) is 3.04. The van der Waals surface area contributed by atoms with E-state index in [-0.39, 0.29) is 6.61 Å². The fourth-order valence-electron chi connectivity index (χ4n) is 1.88. The largest absolute Gasteiger partial charge is 0.479 e. The first kappa shape index (κ1) is 12.9. The molecule has 3 nitrogen and oxygen atoms in total. The summed E-state index contributed by atoms with van der Waals surface area (Å²) in [6.07, 6.45) is 2.68. The number of benzene rings is 1. The van der Waals surface area contributed by atoms with E-state index in [1.807, 2.05) is 18.2 Å². The lowest BCUT2D eigenvalue weighted by atomic mass is 10.1. The maximum Gasteiger partial charge on any atom is 0.174 e. The highest BCUT2D eigenvalue weighted by Crippen LogP contribution is 2.44. The first-order valence-corrected chi connectivity index (χ1v) is 6.46. The second-order valence-electron chi connectivity index (χ2n) is 5.43. The Kier molecular flexibility index (Phi) is 3.88. The lowest BCUT2D eigenvalue weighted by molar-refractivity contribution is 0.368. The molecule has 0 amide bonds. The zero-order chi connectivity index (χ0) is 13.0. The molecule has 18 heavy (non-hydrogen) atoms. The summed E-state index contributed by atoms with van der Waals surface area (Å²) in [4.78, 5) is 0. The van der Waals surface area contributed by atoms with Crippen LogP contribution in [-0.2, 0) is 0 Å². The summed E-state index contributed by atoms with van der Waals surface area (Å²) >= 11 is 0. The predicted molar refractivity (Wildman–Crippen MR) is 71.3 cm³/mol. The molecule has 1 saturated carbocycles. The van der Waals surface area contributed by atoms with Crippen LogP contribution in [0.3, 0.4) is 0 Å². The van der Waals surface area contributed by atoms with E-state index in [9.17, 15) is 0 Å². The maximum absolute atomic E-state index is 8.44. The molecular formula is C15H20N2O. The van der Waals surface area contributed by atoms with Crippen LogP contribution >= 0.6 is 0 Å². The molecule has 1 unspecified atom stereocenters. The van der Waals surface area contributed by atoms with Crippen LogP contribution in [0.5, 0.6) is 5.75 Å². The first-order chi connectivity index (χ1) is 8.63. The van der Waals surface area contributed by atoms with Gasteiger partial charge < -0.3 is 10.1 Å². The van der Waals surface area contributed by atoms with E-state index in [0.29, 0.717) is 11.5 Å². The number of hydrogen-bond acceptors (Lipinski definition) is 3. The van der Waals surface area contributed by atoms with Crippen molar-refractivity contribution in [2.24, 2.45) is 5.41 Å². The van der Waals surface area contributed by atoms with Gasteiger partial charge in [0.1, 0.15) is 11.8 Å². The van der Waals surface area contributed by atoms with Gasteiger partial charge in [-0.05, 0) is 42.9 Å². The van der Waals surface area contributed by atoms with Crippen LogP contribution in [0.25, 0.3) is 0 Å². The third-order valence-electron chi connectivity index (χ3n) is 3.62. The minimum atomic E-state index is 0.103. The zero-order valence-corrected chi connectivity index (χ0v) is 11.1. The summed E-state index contributed by atoms with van der Waals surface area (Å²) in [6.45, 7) is 5.69. The van der Waals surface area contributed by atoms with Crippen molar-refractivity contribution in [3.05, 3.63) is 29.8 Å². The fourth-order valence-corrected chi connectivity index (χ4v) is 1.88. The van der Waals surface area contributed by atoms with Gasteiger partial charge in [0.2, 0.25) is 0 Å². The Morgan fingerprint density at radius 1 is 1.39 bits per heavy atom. The topological polar surface area (TPSA) is 45.0 Å². The highest BCUT2D eigenvalue weighted by atomic mass is 16.5. The Hall–Kier alpha value is -1.53. The Bertz CT molecular complexity index is 429. The highest BCUT2D eigenvalue weighted by Gasteiger charge is 2.36. The van der Waals surface area contributed by atoms with Crippen LogP contribution in [0.1, 0.15) is 38.3 Å². The molecule has 0 bridgehead atoms. The lowest BCUT2D eigenvalue weighted by Crippen LogP contribution is -2.25. The molecule has 0 aliphatic heterocycles. The summed E-state index contributed by atoms with van der Waals surface area (Å²) in [5.41, 5.74) is 1.79. The third kappa shape index (κ3) is 3.48. The second-order valence-corrected chi connectivity index (χ2v) is 5.43. The lowest BCUT2D eigenvalue weighted by Gasteiger charge is -2.17. The standard InChI is InChI=1S/C15H20N2O/c1-12(17-11-15(2)7-8-15)13-3-5-14(6-4-13)18-10-9-16/h3-6,12,17H,7-8,10-11H2,1-2H3. The molecule has 0 radical (unpaired) electrons. The van der Waals surface area contributed by atoms with Gasteiger partial charge in [0.25, 0.3) is 0 Å². The van der Waals surface area contributed by atoms with Crippen LogP contribution in [0.15, 0.2) is 24.3 Å². The zero-order valence-electron chi connectivity index (χ0n) is 11.1. The van der Waals surface area contributed by atoms with Crippen molar-refractivity contribution in [2.45, 2.75) is 32.7 Å². The summed E-state index contributed by atoms with van der Waals surface area (Å²) in [5, 5.41) is 12.0. The number of nitrogens with one attached hydrogen (secondary N) is 1. The number of ether oxygens (including phenoxy) is 1. The van der Waals surface area contributed by atoms with Gasteiger partial charge in [-0.15, -0.1) is 0 Å². The molecule has 1 N–H and O–H groups in total. The summed E-state index contributed by atoms with van der Waals surface area (Å²) < 4.78 is 5.23. The molecule has 96 valence electrons. The van der Waals surface area contributed by atoms with Gasteiger partial charge in [0, 0.05) is 12.6 Å². The molecule has 0 spiro atoms. The highest BCUT2D eigenvalue weighted by molar-refractivity contribution is 5.29. The van der Waals surface area contributed by atoms with E-state index in [0.717, 1.165) is 12.3 Å².